The van der Waals surface area contributed by atoms with E-state index in [-0.39, 0.29) is 18.9 Å². The van der Waals surface area contributed by atoms with Crippen LogP contribution in [0.1, 0.15) is 5.56 Å². The van der Waals surface area contributed by atoms with Crippen LogP contribution >= 0.6 is 0 Å². The average molecular weight is 627 g/mol. The van der Waals surface area contributed by atoms with Gasteiger partial charge in [0.05, 0.1) is 0 Å². The third-order valence-corrected chi connectivity index (χ3v) is 7.17. The Hall–Kier alpha value is -2.72. The molecule has 0 aliphatic heterocycles. The van der Waals surface area contributed by atoms with Gasteiger partial charge >= 0.3 is 120 Å². The van der Waals surface area contributed by atoms with E-state index in [1.165, 1.54) is 34.5 Å². The van der Waals surface area contributed by atoms with E-state index in [0.717, 1.165) is 0 Å². The molecule has 0 heterocycles. The van der Waals surface area contributed by atoms with Gasteiger partial charge in [0.25, 0.3) is 0 Å². The first kappa shape index (κ1) is 20.3. The molecule has 11 heteroatoms. The van der Waals surface area contributed by atoms with Gasteiger partial charge in [-0.2, -0.15) is 0 Å². The molecule has 1 rings (SSSR count). The molecule has 0 atom stereocenters. The summed E-state index contributed by atoms with van der Waals surface area (Å²) in [6.45, 7) is 0.336. The van der Waals surface area contributed by atoms with Gasteiger partial charge in [0.15, 0.2) is 0 Å². The van der Waals surface area contributed by atoms with Crippen molar-refractivity contribution in [1.82, 2.24) is 0 Å². The second kappa shape index (κ2) is 9.54. The van der Waals surface area contributed by atoms with E-state index in [1.54, 1.807) is 6.07 Å². The number of hydrogen-bond acceptors (Lipinski definition) is 8. The molecule has 9 nitrogen and oxygen atoms in total. The number of nitro benzene ring substituents is 1. The van der Waals surface area contributed by atoms with Gasteiger partial charge in [0.1, 0.15) is 0 Å². The topological polar surface area (TPSA) is 98.5 Å². The van der Waals surface area contributed by atoms with Crippen molar-refractivity contribution in [1.29, 1.82) is 0 Å². The molecule has 0 aliphatic rings. The maximum absolute atomic E-state index is 11.3. The van der Waals surface area contributed by atoms with Gasteiger partial charge < -0.3 is 0 Å². The van der Waals surface area contributed by atoms with E-state index >= 15 is 0 Å². The first-order valence-corrected chi connectivity index (χ1v) is 13.9. The van der Waals surface area contributed by atoms with Crippen molar-refractivity contribution in [3.63, 3.8) is 0 Å². The molecule has 0 fully saturated rings. The van der Waals surface area contributed by atoms with Crippen molar-refractivity contribution < 1.29 is 32.4 Å². The van der Waals surface area contributed by atoms with Crippen molar-refractivity contribution in [3.05, 3.63) is 27.8 Å². The quantitative estimate of drug-likeness (QED) is 0.150. The van der Waals surface area contributed by atoms with Crippen LogP contribution in [-0.2, 0) is 24.6 Å². The summed E-state index contributed by atoms with van der Waals surface area (Å²) in [5.41, 5.74) is 0.348. The average Bonchev–Trinajstić information content (AvgIpc) is 2.63. The van der Waals surface area contributed by atoms with E-state index in [4.69, 9.17) is 27.5 Å². The number of benzene rings is 1. The van der Waals surface area contributed by atoms with E-state index in [9.17, 15) is 10.1 Å². The summed E-state index contributed by atoms with van der Waals surface area (Å²) in [4.78, 5) is 10.9. The molecular weight excluding hydrogens is 605 g/mol. The molecule has 0 N–H and O–H groups in total. The van der Waals surface area contributed by atoms with E-state index < -0.39 is 13.7 Å². The summed E-state index contributed by atoms with van der Waals surface area (Å²) in [6.07, 6.45) is 0. The molecule has 0 saturated heterocycles. The first-order chi connectivity index (χ1) is 12.0. The van der Waals surface area contributed by atoms with Gasteiger partial charge in [-0.1, -0.05) is 0 Å². The second-order valence-electron chi connectivity index (χ2n) is 4.84. The van der Waals surface area contributed by atoms with E-state index in [0.29, 0.717) is 30.2 Å². The Morgan fingerprint density at radius 2 is 1.76 bits per heavy atom. The SMILES string of the molecule is COc1cc(COCC[Si](OC)(OC)OC)c([N+](=O)[O-])cc1O[CH2][Rf]. The zero-order valence-electron chi connectivity index (χ0n) is 14.9. The number of nitrogens with zero attached hydrogens (tertiary/aromatic N) is 1. The van der Waals surface area contributed by atoms with Crippen LogP contribution in [0.25, 0.3) is 0 Å². The molecule has 0 unspecified atom stereocenters. The van der Waals surface area contributed by atoms with Crippen LogP contribution in [-0.4, -0.2) is 55.9 Å². The molecule has 25 heavy (non-hydrogen) atoms. The standard InChI is InChI=1S/C14H22NO8Si.Rf/c1-18-13-8-11(12(15(16)17)9-14(13)19-2)10-23-6-7-24(20-3,21-4)22-5;/h8-9H,2,6-7,10H2,1,3-5H3;. The van der Waals surface area contributed by atoms with Gasteiger partial charge in [-0.3, -0.25) is 0 Å². The fourth-order valence-corrected chi connectivity index (χ4v) is 4.70. The summed E-state index contributed by atoms with van der Waals surface area (Å²) in [7, 11) is 3.91. The van der Waals surface area contributed by atoms with Crippen LogP contribution < -0.4 is 9.47 Å². The molecule has 0 bridgehead atoms. The zero-order valence-corrected chi connectivity index (χ0v) is 22.3. The van der Waals surface area contributed by atoms with Gasteiger partial charge in [-0.15, -0.1) is 0 Å². The third kappa shape index (κ3) is 5.13. The van der Waals surface area contributed by atoms with Crippen LogP contribution in [0.5, 0.6) is 11.5 Å². The molecule has 0 spiro atoms. The Kier molecular flexibility index (Phi) is 7.76. The molecule has 0 aliphatic carbocycles. The third-order valence-electron chi connectivity index (χ3n) is 3.56. The van der Waals surface area contributed by atoms with Crippen LogP contribution in [0.2, 0.25) is 6.04 Å². The summed E-state index contributed by atoms with van der Waals surface area (Å²) < 4.78 is 32.5. The Balaban J connectivity index is 2.85. The van der Waals surface area contributed by atoms with Crippen molar-refractivity contribution in [2.75, 3.05) is 42.2 Å². The monoisotopic (exact) mass is 627 g/mol. The van der Waals surface area contributed by atoms with Gasteiger partial charge in [-0.25, -0.2) is 0 Å². The van der Waals surface area contributed by atoms with E-state index in [2.05, 4.69) is 0 Å². The molecule has 1 aromatic rings. The number of ether oxygens (including phenoxy) is 3. The van der Waals surface area contributed by atoms with Gasteiger partial charge in [-0.05, 0) is 0 Å². The van der Waals surface area contributed by atoms with Crippen LogP contribution in [0, 0.1) is 10.1 Å². The van der Waals surface area contributed by atoms with Crippen LogP contribution in [0.4, 0.5) is 5.69 Å². The van der Waals surface area contributed by atoms with E-state index in [1.807, 2.05) is 0 Å². The molecular formula is C14H22NO8RfSi. The number of hydrogen-bond donors (Lipinski definition) is 0. The number of nitro groups is 1. The molecule has 0 amide bonds. The Labute approximate surface area is 141 Å². The minimum absolute atomic E-state index is 0.0554. The Bertz CT molecular complexity index is 562. The summed E-state index contributed by atoms with van der Waals surface area (Å²) in [5.74, 6) is 0.827. The summed E-state index contributed by atoms with van der Waals surface area (Å²) in [6, 6.07) is 3.39. The fourth-order valence-electron chi connectivity index (χ4n) is 2.19. The van der Waals surface area contributed by atoms with Crippen LogP contribution in [0.15, 0.2) is 12.1 Å². The van der Waals surface area contributed by atoms with Crippen LogP contribution in [0.3, 0.4) is 0 Å². The van der Waals surface area contributed by atoms with Gasteiger partial charge in [0, 0.05) is 21.3 Å². The Morgan fingerprint density at radius 3 is 2.24 bits per heavy atom. The predicted molar refractivity (Wildman–Crippen MR) is 86.4 cm³/mol. The van der Waals surface area contributed by atoms with Crippen molar-refractivity contribution in [3.8, 4) is 11.5 Å². The molecule has 1 aromatic carbocycles. The molecule has 137 valence electrons. The molecule has 0 radical (unpaired) electrons. The first-order valence-electron chi connectivity index (χ1n) is 7.47. The number of rotatable bonds is 12. The van der Waals surface area contributed by atoms with Crippen molar-refractivity contribution in [2.45, 2.75) is 12.7 Å². The minimum atomic E-state index is -2.73. The van der Waals surface area contributed by atoms with Crippen molar-refractivity contribution >= 4 is 14.5 Å². The second-order valence-corrected chi connectivity index (χ2v) is 9.77. The fraction of sp³-hybridized carbons (Fsp3) is 0.571. The normalized spacial score (nSPS) is 11.4. The zero-order chi connectivity index (χ0) is 18.9. The van der Waals surface area contributed by atoms with Crippen molar-refractivity contribution in [2.24, 2.45) is 0 Å². The predicted octanol–water partition coefficient (Wildman–Crippen LogP) is 1.88. The van der Waals surface area contributed by atoms with Gasteiger partial charge in [0.2, 0.25) is 0 Å². The summed E-state index contributed by atoms with van der Waals surface area (Å²) in [5, 5.41) is 11.3. The molecule has 0 saturated carbocycles. The number of methoxy groups -OCH3 is 1. The maximum atomic E-state index is 11.3. The Morgan fingerprint density at radius 1 is 1.12 bits per heavy atom. The molecule has 0 aromatic heterocycles. The summed E-state index contributed by atoms with van der Waals surface area (Å²) >= 11 is 0.